The van der Waals surface area contributed by atoms with Gasteiger partial charge in [0, 0.05) is 6.42 Å². The Morgan fingerprint density at radius 3 is 1.69 bits per heavy atom. The molecule has 212 valence electrons. The lowest BCUT2D eigenvalue weighted by molar-refractivity contribution is -0.143. The van der Waals surface area contributed by atoms with Crippen molar-refractivity contribution < 1.29 is 39.6 Å². The Bertz CT molecular complexity index is 1120. The molecule has 0 saturated heterocycles. The van der Waals surface area contributed by atoms with Crippen LogP contribution in [0.2, 0.25) is 0 Å². The minimum Gasteiger partial charge on any atom is -0.508 e. The molecule has 2 rings (SSSR count). The number of nitrogens with two attached hydrogens (primary N) is 1. The molecule has 0 bridgehead atoms. The highest BCUT2D eigenvalue weighted by molar-refractivity contribution is 5.94. The highest BCUT2D eigenvalue weighted by atomic mass is 16.4. The zero-order valence-electron chi connectivity index (χ0n) is 21.8. The van der Waals surface area contributed by atoms with Gasteiger partial charge in [0.05, 0.1) is 12.6 Å². The first-order chi connectivity index (χ1) is 18.4. The summed E-state index contributed by atoms with van der Waals surface area (Å²) in [6, 6.07) is 6.98. The Morgan fingerprint density at radius 2 is 1.23 bits per heavy atom. The zero-order chi connectivity index (χ0) is 29.1. The Hall–Kier alpha value is -4.16. The molecule has 0 aromatic heterocycles. The van der Waals surface area contributed by atoms with Crippen LogP contribution in [0, 0.1) is 5.92 Å². The summed E-state index contributed by atoms with van der Waals surface area (Å²) in [7, 11) is 0. The summed E-state index contributed by atoms with van der Waals surface area (Å²) in [4.78, 5) is 50.5. The third-order valence-corrected chi connectivity index (χ3v) is 6.33. The zero-order valence-corrected chi connectivity index (χ0v) is 21.8. The molecule has 0 radical (unpaired) electrons. The number of aliphatic hydroxyl groups excluding tert-OH is 1. The molecule has 0 aliphatic carbocycles. The average molecular weight is 545 g/mol. The second kappa shape index (κ2) is 14.7. The van der Waals surface area contributed by atoms with Crippen LogP contribution in [0.5, 0.6) is 11.5 Å². The molecule has 12 heteroatoms. The Kier molecular flexibility index (Phi) is 11.7. The number of carbonyl (C=O) groups is 4. The van der Waals surface area contributed by atoms with Crippen molar-refractivity contribution in [2.45, 2.75) is 57.3 Å². The number of aliphatic hydroxyl groups is 1. The normalized spacial score (nSPS) is 14.8. The average Bonchev–Trinajstić information content (AvgIpc) is 2.91. The number of carbonyl (C=O) groups excluding carboxylic acids is 3. The monoisotopic (exact) mass is 544 g/mol. The van der Waals surface area contributed by atoms with Gasteiger partial charge < -0.3 is 42.1 Å². The molecule has 0 aliphatic rings. The summed E-state index contributed by atoms with van der Waals surface area (Å²) in [6.07, 6.45) is 0.524. The van der Waals surface area contributed by atoms with Crippen molar-refractivity contribution >= 4 is 23.7 Å². The number of phenolic OH excluding ortho intramolecular Hbond substituents is 2. The SMILES string of the molecule is CCC(C)C(NC(=O)C(Cc1ccc(O)cc1)NC(=O)C(CO)NC(=O)C(N)Cc1ccc(O)cc1)C(=O)O. The largest absolute Gasteiger partial charge is 0.508 e. The van der Waals surface area contributed by atoms with E-state index >= 15 is 0 Å². The van der Waals surface area contributed by atoms with Crippen LogP contribution in [-0.4, -0.2) is 74.9 Å². The van der Waals surface area contributed by atoms with Gasteiger partial charge >= 0.3 is 5.97 Å². The molecule has 12 nitrogen and oxygen atoms in total. The molecule has 0 heterocycles. The van der Waals surface area contributed by atoms with Crippen LogP contribution in [0.3, 0.4) is 0 Å². The molecule has 0 aliphatic heterocycles. The predicted molar refractivity (Wildman–Crippen MR) is 142 cm³/mol. The third kappa shape index (κ3) is 9.58. The first-order valence-corrected chi connectivity index (χ1v) is 12.5. The van der Waals surface area contributed by atoms with Gasteiger partial charge in [-0.15, -0.1) is 0 Å². The van der Waals surface area contributed by atoms with Gasteiger partial charge in [-0.2, -0.15) is 0 Å². The molecular formula is C27H36N4O8. The summed E-state index contributed by atoms with van der Waals surface area (Å²) in [6.45, 7) is 2.66. The van der Waals surface area contributed by atoms with E-state index in [-0.39, 0.29) is 24.3 Å². The lowest BCUT2D eigenvalue weighted by Crippen LogP contribution is -2.59. The number of rotatable bonds is 14. The lowest BCUT2D eigenvalue weighted by atomic mass is 9.98. The maximum atomic E-state index is 13.1. The van der Waals surface area contributed by atoms with Crippen molar-refractivity contribution in [1.82, 2.24) is 16.0 Å². The van der Waals surface area contributed by atoms with E-state index in [4.69, 9.17) is 5.73 Å². The second-order valence-corrected chi connectivity index (χ2v) is 9.36. The second-order valence-electron chi connectivity index (χ2n) is 9.36. The molecular weight excluding hydrogens is 508 g/mol. The highest BCUT2D eigenvalue weighted by Gasteiger charge is 2.32. The maximum Gasteiger partial charge on any atom is 0.326 e. The first kappa shape index (κ1) is 31.1. The molecule has 39 heavy (non-hydrogen) atoms. The van der Waals surface area contributed by atoms with E-state index < -0.39 is 60.4 Å². The van der Waals surface area contributed by atoms with Gasteiger partial charge in [0.25, 0.3) is 0 Å². The number of hydrogen-bond acceptors (Lipinski definition) is 8. The van der Waals surface area contributed by atoms with E-state index in [9.17, 15) is 39.6 Å². The molecule has 3 amide bonds. The number of aromatic hydroxyl groups is 2. The number of benzene rings is 2. The number of phenols is 2. The summed E-state index contributed by atoms with van der Waals surface area (Å²) in [5.41, 5.74) is 7.18. The summed E-state index contributed by atoms with van der Waals surface area (Å²) < 4.78 is 0. The number of hydrogen-bond donors (Lipinski definition) is 8. The molecule has 0 spiro atoms. The van der Waals surface area contributed by atoms with Crippen molar-refractivity contribution in [3.63, 3.8) is 0 Å². The predicted octanol–water partition coefficient (Wildman–Crippen LogP) is -0.212. The van der Waals surface area contributed by atoms with Crippen molar-refractivity contribution in [3.8, 4) is 11.5 Å². The van der Waals surface area contributed by atoms with Crippen molar-refractivity contribution in [2.75, 3.05) is 6.61 Å². The van der Waals surface area contributed by atoms with Gasteiger partial charge in [-0.05, 0) is 47.7 Å². The van der Waals surface area contributed by atoms with Crippen molar-refractivity contribution in [1.29, 1.82) is 0 Å². The summed E-state index contributed by atoms with van der Waals surface area (Å²) in [5.74, 6) is -3.93. The molecule has 9 N–H and O–H groups in total. The Balaban J connectivity index is 2.15. The molecule has 0 fully saturated rings. The first-order valence-electron chi connectivity index (χ1n) is 12.5. The van der Waals surface area contributed by atoms with E-state index in [1.165, 1.54) is 24.3 Å². The molecule has 2 aromatic rings. The van der Waals surface area contributed by atoms with Crippen LogP contribution in [0.1, 0.15) is 31.4 Å². The van der Waals surface area contributed by atoms with E-state index in [0.717, 1.165) is 0 Å². The van der Waals surface area contributed by atoms with E-state index in [2.05, 4.69) is 16.0 Å². The third-order valence-electron chi connectivity index (χ3n) is 6.33. The van der Waals surface area contributed by atoms with E-state index in [1.54, 1.807) is 38.1 Å². The van der Waals surface area contributed by atoms with Gasteiger partial charge in [0.1, 0.15) is 29.6 Å². The topological polar surface area (TPSA) is 211 Å². The Morgan fingerprint density at radius 1 is 0.769 bits per heavy atom. The Labute approximate surface area is 226 Å². The smallest absolute Gasteiger partial charge is 0.326 e. The van der Waals surface area contributed by atoms with Gasteiger partial charge in [-0.25, -0.2) is 4.79 Å². The van der Waals surface area contributed by atoms with Crippen LogP contribution in [-0.2, 0) is 32.0 Å². The lowest BCUT2D eigenvalue weighted by Gasteiger charge is -2.26. The van der Waals surface area contributed by atoms with Gasteiger partial charge in [0.2, 0.25) is 17.7 Å². The van der Waals surface area contributed by atoms with Crippen LogP contribution in [0.4, 0.5) is 0 Å². The van der Waals surface area contributed by atoms with Crippen LogP contribution in [0.25, 0.3) is 0 Å². The maximum absolute atomic E-state index is 13.1. The van der Waals surface area contributed by atoms with Crippen LogP contribution >= 0.6 is 0 Å². The number of nitrogens with one attached hydrogen (secondary N) is 3. The fraction of sp³-hybridized carbons (Fsp3) is 0.407. The van der Waals surface area contributed by atoms with Gasteiger partial charge in [0.15, 0.2) is 0 Å². The summed E-state index contributed by atoms with van der Waals surface area (Å²) >= 11 is 0. The van der Waals surface area contributed by atoms with Crippen molar-refractivity contribution in [2.24, 2.45) is 11.7 Å². The van der Waals surface area contributed by atoms with Crippen LogP contribution in [0.15, 0.2) is 48.5 Å². The van der Waals surface area contributed by atoms with Crippen LogP contribution < -0.4 is 21.7 Å². The molecule has 2 aromatic carbocycles. The fourth-order valence-corrected chi connectivity index (χ4v) is 3.74. The van der Waals surface area contributed by atoms with Crippen molar-refractivity contribution in [3.05, 3.63) is 59.7 Å². The number of aliphatic carboxylic acids is 1. The molecule has 0 saturated carbocycles. The number of carboxylic acid groups (broad SMARTS) is 1. The molecule has 5 unspecified atom stereocenters. The standard InChI is InChI=1S/C27H36N4O8/c1-3-15(2)23(27(38)39)31-25(36)21(13-17-6-10-19(34)11-7-17)29-26(37)22(14-32)30-24(35)20(28)12-16-4-8-18(33)9-5-16/h4-11,15,20-23,32-34H,3,12-14,28H2,1-2H3,(H,29,37)(H,30,35)(H,31,36)(H,38,39). The minimum absolute atomic E-state index is 0.00167. The quantitative estimate of drug-likeness (QED) is 0.158. The minimum atomic E-state index is -1.44. The fourth-order valence-electron chi connectivity index (χ4n) is 3.74. The van der Waals surface area contributed by atoms with E-state index in [0.29, 0.717) is 17.5 Å². The van der Waals surface area contributed by atoms with E-state index in [1.807, 2.05) is 0 Å². The summed E-state index contributed by atoms with van der Waals surface area (Å²) in [5, 5.41) is 45.6. The van der Waals surface area contributed by atoms with Gasteiger partial charge in [-0.3, -0.25) is 14.4 Å². The van der Waals surface area contributed by atoms with Gasteiger partial charge in [-0.1, -0.05) is 44.5 Å². The molecule has 5 atom stereocenters. The number of carboxylic acids is 1. The number of amides is 3. The highest BCUT2D eigenvalue weighted by Crippen LogP contribution is 2.14.